The van der Waals surface area contributed by atoms with Crippen molar-refractivity contribution < 1.29 is 13.3 Å². The highest BCUT2D eigenvalue weighted by Gasteiger charge is 2.36. The lowest BCUT2D eigenvalue weighted by molar-refractivity contribution is -0.384. The highest BCUT2D eigenvalue weighted by Crippen LogP contribution is 2.37. The number of piperidine rings is 1. The molecule has 0 spiro atoms. The molecule has 0 bridgehead atoms. The predicted octanol–water partition coefficient (Wildman–Crippen LogP) is 2.80. The molecule has 120 valence electrons. The molecule has 0 unspecified atom stereocenters. The summed E-state index contributed by atoms with van der Waals surface area (Å²) in [6.45, 7) is 1.14. The molecular formula is C15H20N2O4S. The third-order valence-corrected chi connectivity index (χ3v) is 6.82. The van der Waals surface area contributed by atoms with Gasteiger partial charge < -0.3 is 0 Å². The van der Waals surface area contributed by atoms with E-state index in [0.717, 1.165) is 12.8 Å². The molecule has 1 heterocycles. The minimum absolute atomic E-state index is 0.0926. The van der Waals surface area contributed by atoms with Crippen molar-refractivity contribution in [1.82, 2.24) is 4.31 Å². The summed E-state index contributed by atoms with van der Waals surface area (Å²) in [5.74, 6) is 1.13. The van der Waals surface area contributed by atoms with Crippen LogP contribution in [0.1, 0.15) is 32.1 Å². The van der Waals surface area contributed by atoms with Gasteiger partial charge >= 0.3 is 0 Å². The molecule has 2 atom stereocenters. The summed E-state index contributed by atoms with van der Waals surface area (Å²) in [4.78, 5) is 10.3. The van der Waals surface area contributed by atoms with E-state index in [-0.39, 0.29) is 10.6 Å². The third-order valence-electron chi connectivity index (χ3n) is 4.94. The van der Waals surface area contributed by atoms with Crippen molar-refractivity contribution in [2.24, 2.45) is 11.8 Å². The van der Waals surface area contributed by atoms with Crippen LogP contribution in [0.2, 0.25) is 0 Å². The van der Waals surface area contributed by atoms with Crippen molar-refractivity contribution in [1.29, 1.82) is 0 Å². The van der Waals surface area contributed by atoms with E-state index in [0.29, 0.717) is 24.9 Å². The van der Waals surface area contributed by atoms with E-state index in [2.05, 4.69) is 0 Å². The van der Waals surface area contributed by atoms with Gasteiger partial charge in [-0.2, -0.15) is 4.31 Å². The summed E-state index contributed by atoms with van der Waals surface area (Å²) in [7, 11) is -3.54. The number of fused-ring (bicyclic) bond motifs is 1. The number of nitro groups is 1. The number of sulfonamides is 1. The Hall–Kier alpha value is -1.47. The Morgan fingerprint density at radius 2 is 1.68 bits per heavy atom. The van der Waals surface area contributed by atoms with Crippen LogP contribution < -0.4 is 0 Å². The predicted molar refractivity (Wildman–Crippen MR) is 81.9 cm³/mol. The fourth-order valence-corrected chi connectivity index (χ4v) is 5.19. The molecule has 0 N–H and O–H groups in total. The molecule has 0 radical (unpaired) electrons. The SMILES string of the molecule is O=[N+]([O-])c1ccc(S(=O)(=O)N2CC[C@@H]3CCCC[C@@H]3C2)cc1. The molecular weight excluding hydrogens is 304 g/mol. The lowest BCUT2D eigenvalue weighted by Crippen LogP contribution is -2.44. The average molecular weight is 324 g/mol. The Kier molecular flexibility index (Phi) is 4.18. The lowest BCUT2D eigenvalue weighted by atomic mass is 9.76. The molecule has 2 aliphatic rings. The quantitative estimate of drug-likeness (QED) is 0.632. The van der Waals surface area contributed by atoms with Crippen molar-refractivity contribution >= 4 is 15.7 Å². The Balaban J connectivity index is 1.79. The average Bonchev–Trinajstić information content (AvgIpc) is 2.54. The van der Waals surface area contributed by atoms with Crippen molar-refractivity contribution in [3.8, 4) is 0 Å². The standard InChI is InChI=1S/C15H20N2O4S/c18-17(19)14-5-7-15(8-6-14)22(20,21)16-10-9-12-3-1-2-4-13(12)11-16/h5-8,12-13H,1-4,9-11H2/t12-,13+/m0/s1. The zero-order valence-electron chi connectivity index (χ0n) is 12.3. The molecule has 7 heteroatoms. The number of nitrogens with zero attached hydrogens (tertiary/aromatic N) is 2. The summed E-state index contributed by atoms with van der Waals surface area (Å²) >= 11 is 0. The Bertz CT molecular complexity index is 657. The van der Waals surface area contributed by atoms with Crippen molar-refractivity contribution in [3.05, 3.63) is 34.4 Å². The van der Waals surface area contributed by atoms with E-state index in [4.69, 9.17) is 0 Å². The van der Waals surface area contributed by atoms with Gasteiger partial charge in [0.25, 0.3) is 5.69 Å². The van der Waals surface area contributed by atoms with Gasteiger partial charge in [-0.25, -0.2) is 8.42 Å². The fourth-order valence-electron chi connectivity index (χ4n) is 3.67. The zero-order valence-corrected chi connectivity index (χ0v) is 13.2. The second-order valence-corrected chi connectivity index (χ2v) is 8.15. The van der Waals surface area contributed by atoms with Gasteiger partial charge in [-0.3, -0.25) is 10.1 Å². The van der Waals surface area contributed by atoms with Crippen LogP contribution in [-0.2, 0) is 10.0 Å². The van der Waals surface area contributed by atoms with E-state index in [1.54, 1.807) is 4.31 Å². The second kappa shape index (κ2) is 5.96. The Morgan fingerprint density at radius 1 is 1.05 bits per heavy atom. The smallest absolute Gasteiger partial charge is 0.258 e. The second-order valence-electron chi connectivity index (χ2n) is 6.21. The zero-order chi connectivity index (χ0) is 15.7. The van der Waals surface area contributed by atoms with Gasteiger partial charge in [0.2, 0.25) is 10.0 Å². The lowest BCUT2D eigenvalue weighted by Gasteiger charge is -2.40. The molecule has 1 aliphatic carbocycles. The molecule has 22 heavy (non-hydrogen) atoms. The van der Waals surface area contributed by atoms with Crippen LogP contribution in [0, 0.1) is 22.0 Å². The van der Waals surface area contributed by atoms with Crippen molar-refractivity contribution in [2.75, 3.05) is 13.1 Å². The highest BCUT2D eigenvalue weighted by atomic mass is 32.2. The Morgan fingerprint density at radius 3 is 2.32 bits per heavy atom. The molecule has 1 aliphatic heterocycles. The molecule has 1 saturated heterocycles. The van der Waals surface area contributed by atoms with Gasteiger partial charge in [-0.1, -0.05) is 19.3 Å². The van der Waals surface area contributed by atoms with Gasteiger partial charge in [0, 0.05) is 25.2 Å². The first-order valence-corrected chi connectivity index (χ1v) is 9.17. The minimum Gasteiger partial charge on any atom is -0.258 e. The van der Waals surface area contributed by atoms with E-state index in [9.17, 15) is 18.5 Å². The molecule has 1 aromatic rings. The maximum Gasteiger partial charge on any atom is 0.269 e. The highest BCUT2D eigenvalue weighted by molar-refractivity contribution is 7.89. The van der Waals surface area contributed by atoms with E-state index >= 15 is 0 Å². The first kappa shape index (κ1) is 15.4. The van der Waals surface area contributed by atoms with Crippen LogP contribution in [0.5, 0.6) is 0 Å². The molecule has 1 aromatic carbocycles. The number of benzene rings is 1. The van der Waals surface area contributed by atoms with Gasteiger partial charge in [0.05, 0.1) is 9.82 Å². The van der Waals surface area contributed by atoms with E-state index < -0.39 is 14.9 Å². The van der Waals surface area contributed by atoms with Crippen LogP contribution in [0.15, 0.2) is 29.2 Å². The maximum absolute atomic E-state index is 12.7. The van der Waals surface area contributed by atoms with Gasteiger partial charge in [-0.15, -0.1) is 0 Å². The maximum atomic E-state index is 12.7. The summed E-state index contributed by atoms with van der Waals surface area (Å²) in [6, 6.07) is 5.17. The molecule has 6 nitrogen and oxygen atoms in total. The summed E-state index contributed by atoms with van der Waals surface area (Å²) < 4.78 is 27.0. The van der Waals surface area contributed by atoms with Gasteiger partial charge in [0.15, 0.2) is 0 Å². The normalized spacial score (nSPS) is 26.4. The summed E-state index contributed by atoms with van der Waals surface area (Å²) in [6.07, 6.45) is 5.70. The van der Waals surface area contributed by atoms with Crippen LogP contribution in [0.3, 0.4) is 0 Å². The first-order valence-electron chi connectivity index (χ1n) is 7.73. The molecule has 1 saturated carbocycles. The topological polar surface area (TPSA) is 80.5 Å². The number of rotatable bonds is 3. The summed E-state index contributed by atoms with van der Waals surface area (Å²) in [5.41, 5.74) is -0.0926. The van der Waals surface area contributed by atoms with Crippen LogP contribution in [-0.4, -0.2) is 30.7 Å². The monoisotopic (exact) mass is 324 g/mol. The molecule has 0 amide bonds. The fraction of sp³-hybridized carbons (Fsp3) is 0.600. The van der Waals surface area contributed by atoms with E-state index in [1.165, 1.54) is 43.5 Å². The van der Waals surface area contributed by atoms with Crippen molar-refractivity contribution in [2.45, 2.75) is 37.0 Å². The number of hydrogen-bond donors (Lipinski definition) is 0. The van der Waals surface area contributed by atoms with Gasteiger partial charge in [0.1, 0.15) is 0 Å². The molecule has 2 fully saturated rings. The molecule has 0 aromatic heterocycles. The van der Waals surface area contributed by atoms with E-state index in [1.807, 2.05) is 0 Å². The largest absolute Gasteiger partial charge is 0.269 e. The number of nitro benzene ring substituents is 1. The first-order chi connectivity index (χ1) is 10.5. The Labute approximate surface area is 130 Å². The van der Waals surface area contributed by atoms with Crippen LogP contribution in [0.25, 0.3) is 0 Å². The molecule has 3 rings (SSSR count). The minimum atomic E-state index is -3.54. The number of hydrogen-bond acceptors (Lipinski definition) is 4. The third kappa shape index (κ3) is 2.87. The number of non-ortho nitro benzene ring substituents is 1. The van der Waals surface area contributed by atoms with Crippen LogP contribution in [0.4, 0.5) is 5.69 Å². The summed E-state index contributed by atoms with van der Waals surface area (Å²) in [5, 5.41) is 10.7. The van der Waals surface area contributed by atoms with Crippen LogP contribution >= 0.6 is 0 Å². The van der Waals surface area contributed by atoms with Gasteiger partial charge in [-0.05, 0) is 36.8 Å². The van der Waals surface area contributed by atoms with Crippen molar-refractivity contribution in [3.63, 3.8) is 0 Å².